The van der Waals surface area contributed by atoms with Crippen LogP contribution in [0.25, 0.3) is 21.8 Å². The van der Waals surface area contributed by atoms with E-state index in [0.717, 1.165) is 42.3 Å². The average Bonchev–Trinajstić information content (AvgIpc) is 3.13. The first kappa shape index (κ1) is 21.8. The summed E-state index contributed by atoms with van der Waals surface area (Å²) in [5.41, 5.74) is 5.34. The molecule has 4 rings (SSSR count). The Hall–Kier alpha value is -3.38. The zero-order valence-electron chi connectivity index (χ0n) is 18.4. The number of H-pyrrole nitrogens is 1. The Balaban J connectivity index is 1.14. The van der Waals surface area contributed by atoms with Crippen LogP contribution in [0.1, 0.15) is 36.1 Å². The number of hydrogen-bond acceptors (Lipinski definition) is 4. The third-order valence-electron chi connectivity index (χ3n) is 5.89. The Labute approximate surface area is 188 Å². The highest BCUT2D eigenvalue weighted by Gasteiger charge is 2.09. The maximum atomic E-state index is 12.2. The van der Waals surface area contributed by atoms with Crippen molar-refractivity contribution in [2.45, 2.75) is 39.2 Å². The molecular formula is C26H30N4O2. The molecule has 2 aromatic carbocycles. The van der Waals surface area contributed by atoms with Crippen LogP contribution >= 0.6 is 0 Å². The summed E-state index contributed by atoms with van der Waals surface area (Å²) in [7, 11) is 0. The van der Waals surface area contributed by atoms with E-state index in [1.165, 1.54) is 16.6 Å². The minimum absolute atomic E-state index is 0.109. The number of nitrogens with one attached hydrogen (secondary N) is 3. The monoisotopic (exact) mass is 430 g/mol. The fourth-order valence-corrected chi connectivity index (χ4v) is 4.20. The molecule has 6 nitrogen and oxygen atoms in total. The molecule has 0 saturated heterocycles. The lowest BCUT2D eigenvalue weighted by Gasteiger charge is -2.09. The van der Waals surface area contributed by atoms with Crippen LogP contribution in [0.3, 0.4) is 0 Å². The van der Waals surface area contributed by atoms with E-state index in [0.29, 0.717) is 25.0 Å². The van der Waals surface area contributed by atoms with Gasteiger partial charge in [-0.15, -0.1) is 0 Å². The maximum Gasteiger partial charge on any atom is 0.220 e. The summed E-state index contributed by atoms with van der Waals surface area (Å²) in [4.78, 5) is 19.8. The number of phenols is 1. The molecule has 0 fully saturated rings. The summed E-state index contributed by atoms with van der Waals surface area (Å²) in [5, 5.41) is 18.6. The van der Waals surface area contributed by atoms with Crippen LogP contribution in [0.5, 0.6) is 5.75 Å². The van der Waals surface area contributed by atoms with Crippen molar-refractivity contribution in [2.75, 3.05) is 13.1 Å². The Morgan fingerprint density at radius 1 is 1.03 bits per heavy atom. The van der Waals surface area contributed by atoms with Gasteiger partial charge >= 0.3 is 0 Å². The first-order chi connectivity index (χ1) is 15.6. The standard InChI is InChI=1S/C26H30N4O2/c1-18-20(22-7-2-3-9-23(22)30-18)13-16-28-25(32)10-4-5-14-27-17-19-11-12-24(31)26-21(19)8-6-15-29-26/h2-3,6-9,11-12,15,27,30-31H,4-5,10,13-14,16-17H2,1H3,(H,28,32). The molecule has 4 N–H and O–H groups in total. The molecule has 4 aromatic rings. The van der Waals surface area contributed by atoms with E-state index in [1.807, 2.05) is 30.3 Å². The summed E-state index contributed by atoms with van der Waals surface area (Å²) in [6.45, 7) is 4.28. The Morgan fingerprint density at radius 3 is 2.78 bits per heavy atom. The van der Waals surface area contributed by atoms with Gasteiger partial charge in [0.2, 0.25) is 5.91 Å². The number of phenolic OH excluding ortho intramolecular Hbond substituents is 1. The number of pyridine rings is 1. The summed E-state index contributed by atoms with van der Waals surface area (Å²) in [6.07, 6.45) is 4.84. The number of para-hydroxylation sites is 1. The van der Waals surface area contributed by atoms with E-state index < -0.39 is 0 Å². The van der Waals surface area contributed by atoms with Gasteiger partial charge in [0.15, 0.2) is 0 Å². The van der Waals surface area contributed by atoms with Gasteiger partial charge in [0.1, 0.15) is 11.3 Å². The molecule has 166 valence electrons. The average molecular weight is 431 g/mol. The van der Waals surface area contributed by atoms with Gasteiger partial charge in [-0.1, -0.05) is 30.3 Å². The van der Waals surface area contributed by atoms with E-state index in [4.69, 9.17) is 0 Å². The normalized spacial score (nSPS) is 11.3. The minimum atomic E-state index is 0.109. The Morgan fingerprint density at radius 2 is 1.88 bits per heavy atom. The van der Waals surface area contributed by atoms with E-state index in [1.54, 1.807) is 12.3 Å². The quantitative estimate of drug-likeness (QED) is 0.282. The zero-order valence-corrected chi connectivity index (χ0v) is 18.4. The fraction of sp³-hybridized carbons (Fsp3) is 0.308. The molecule has 0 atom stereocenters. The maximum absolute atomic E-state index is 12.2. The van der Waals surface area contributed by atoms with Gasteiger partial charge in [0.25, 0.3) is 0 Å². The smallest absolute Gasteiger partial charge is 0.220 e. The number of benzene rings is 2. The predicted molar refractivity (Wildman–Crippen MR) is 129 cm³/mol. The number of rotatable bonds is 10. The summed E-state index contributed by atoms with van der Waals surface area (Å²) in [5.74, 6) is 0.313. The first-order valence-corrected chi connectivity index (χ1v) is 11.2. The topological polar surface area (TPSA) is 90.0 Å². The van der Waals surface area contributed by atoms with Gasteiger partial charge in [-0.25, -0.2) is 0 Å². The Kier molecular flexibility index (Phi) is 7.02. The lowest BCUT2D eigenvalue weighted by molar-refractivity contribution is -0.121. The molecule has 0 bridgehead atoms. The van der Waals surface area contributed by atoms with E-state index >= 15 is 0 Å². The first-order valence-electron chi connectivity index (χ1n) is 11.2. The van der Waals surface area contributed by atoms with Crippen molar-refractivity contribution in [2.24, 2.45) is 0 Å². The number of nitrogens with zero attached hydrogens (tertiary/aromatic N) is 1. The SMILES string of the molecule is Cc1[nH]c2ccccc2c1CCNC(=O)CCCCNCc1ccc(O)c2ncccc12. The van der Waals surface area contributed by atoms with Crippen molar-refractivity contribution in [3.05, 3.63) is 71.5 Å². The fourth-order valence-electron chi connectivity index (χ4n) is 4.20. The second-order valence-corrected chi connectivity index (χ2v) is 8.15. The molecule has 0 aliphatic rings. The van der Waals surface area contributed by atoms with Crippen molar-refractivity contribution in [1.82, 2.24) is 20.6 Å². The number of carbonyl (C=O) groups excluding carboxylic acids is 1. The second kappa shape index (κ2) is 10.3. The Bertz CT molecular complexity index is 1220. The highest BCUT2D eigenvalue weighted by molar-refractivity contribution is 5.87. The van der Waals surface area contributed by atoms with E-state index in [2.05, 4.69) is 39.7 Å². The van der Waals surface area contributed by atoms with Crippen molar-refractivity contribution >= 4 is 27.7 Å². The predicted octanol–water partition coefficient (Wildman–Crippen LogP) is 4.35. The minimum Gasteiger partial charge on any atom is -0.506 e. The summed E-state index contributed by atoms with van der Waals surface area (Å²) in [6, 6.07) is 15.8. The third-order valence-corrected chi connectivity index (χ3v) is 5.89. The van der Waals surface area contributed by atoms with Gasteiger partial charge in [-0.3, -0.25) is 9.78 Å². The number of carbonyl (C=O) groups is 1. The molecule has 2 aromatic heterocycles. The molecule has 0 saturated carbocycles. The van der Waals surface area contributed by atoms with Crippen LogP contribution in [-0.2, 0) is 17.8 Å². The third kappa shape index (κ3) is 5.08. The molecule has 2 heterocycles. The van der Waals surface area contributed by atoms with Crippen molar-refractivity contribution in [3.63, 3.8) is 0 Å². The molecule has 0 unspecified atom stereocenters. The molecule has 0 aliphatic carbocycles. The molecular weight excluding hydrogens is 400 g/mol. The van der Waals surface area contributed by atoms with E-state index in [9.17, 15) is 9.90 Å². The lowest BCUT2D eigenvalue weighted by atomic mass is 10.1. The van der Waals surface area contributed by atoms with Gasteiger partial charge in [-0.2, -0.15) is 0 Å². The lowest BCUT2D eigenvalue weighted by Crippen LogP contribution is -2.25. The zero-order chi connectivity index (χ0) is 22.3. The van der Waals surface area contributed by atoms with Gasteiger partial charge in [0, 0.05) is 47.7 Å². The van der Waals surface area contributed by atoms with Crippen LogP contribution in [0.15, 0.2) is 54.7 Å². The van der Waals surface area contributed by atoms with Crippen molar-refractivity contribution in [3.8, 4) is 5.75 Å². The van der Waals surface area contributed by atoms with Crippen LogP contribution in [-0.4, -0.2) is 34.1 Å². The molecule has 1 amide bonds. The van der Waals surface area contributed by atoms with Crippen LogP contribution < -0.4 is 10.6 Å². The molecule has 32 heavy (non-hydrogen) atoms. The van der Waals surface area contributed by atoms with Crippen molar-refractivity contribution in [1.29, 1.82) is 0 Å². The summed E-state index contributed by atoms with van der Waals surface area (Å²) >= 11 is 0. The van der Waals surface area contributed by atoms with Crippen LogP contribution in [0.4, 0.5) is 0 Å². The number of aryl methyl sites for hydroxylation is 1. The number of fused-ring (bicyclic) bond motifs is 2. The molecule has 0 radical (unpaired) electrons. The number of amides is 1. The van der Waals surface area contributed by atoms with E-state index in [-0.39, 0.29) is 11.7 Å². The largest absolute Gasteiger partial charge is 0.506 e. The van der Waals surface area contributed by atoms with Crippen molar-refractivity contribution < 1.29 is 9.90 Å². The number of unbranched alkanes of at least 4 members (excludes halogenated alkanes) is 1. The van der Waals surface area contributed by atoms with Gasteiger partial charge in [0.05, 0.1) is 0 Å². The molecule has 0 aliphatic heterocycles. The summed E-state index contributed by atoms with van der Waals surface area (Å²) < 4.78 is 0. The number of hydrogen-bond donors (Lipinski definition) is 4. The number of aromatic nitrogens is 2. The highest BCUT2D eigenvalue weighted by Crippen LogP contribution is 2.25. The number of aromatic hydroxyl groups is 1. The highest BCUT2D eigenvalue weighted by atomic mass is 16.3. The molecule has 0 spiro atoms. The van der Waals surface area contributed by atoms with Crippen LogP contribution in [0, 0.1) is 6.92 Å². The van der Waals surface area contributed by atoms with Crippen LogP contribution in [0.2, 0.25) is 0 Å². The second-order valence-electron chi connectivity index (χ2n) is 8.15. The van der Waals surface area contributed by atoms with Gasteiger partial charge < -0.3 is 20.7 Å². The number of aromatic amines is 1. The molecule has 6 heteroatoms. The van der Waals surface area contributed by atoms with Gasteiger partial charge in [-0.05, 0) is 62.1 Å².